The fourth-order valence-corrected chi connectivity index (χ4v) is 2.07. The van der Waals surface area contributed by atoms with Crippen LogP contribution >= 0.6 is 0 Å². The number of carbonyl (C=O) groups is 1. The molecule has 1 amide bonds. The average Bonchev–Trinajstić information content (AvgIpc) is 2.51. The van der Waals surface area contributed by atoms with Gasteiger partial charge in [0.25, 0.3) is 5.91 Å². The maximum Gasteiger partial charge on any atom is 0.258 e. The molecule has 0 fully saturated rings. The van der Waals surface area contributed by atoms with Gasteiger partial charge in [-0.15, -0.1) is 0 Å². The van der Waals surface area contributed by atoms with E-state index in [4.69, 9.17) is 4.74 Å². The number of benzene rings is 1. The van der Waals surface area contributed by atoms with Crippen molar-refractivity contribution in [2.45, 2.75) is 13.5 Å². The molecule has 0 saturated carbocycles. The van der Waals surface area contributed by atoms with Gasteiger partial charge in [0.1, 0.15) is 11.6 Å². The van der Waals surface area contributed by atoms with Gasteiger partial charge in [-0.3, -0.25) is 4.79 Å². The summed E-state index contributed by atoms with van der Waals surface area (Å²) in [7, 11) is 3.85. The molecular weight excluding hydrogens is 278 g/mol. The van der Waals surface area contributed by atoms with Crippen LogP contribution in [-0.2, 0) is 11.3 Å². The van der Waals surface area contributed by atoms with Crippen molar-refractivity contribution < 1.29 is 9.53 Å². The van der Waals surface area contributed by atoms with Crippen molar-refractivity contribution in [2.75, 3.05) is 25.6 Å². The third-order valence-corrected chi connectivity index (χ3v) is 3.13. The number of pyridine rings is 1. The van der Waals surface area contributed by atoms with Gasteiger partial charge in [0.15, 0.2) is 6.61 Å². The van der Waals surface area contributed by atoms with Crippen LogP contribution in [-0.4, -0.2) is 31.6 Å². The van der Waals surface area contributed by atoms with Crippen molar-refractivity contribution in [1.29, 1.82) is 0 Å². The smallest absolute Gasteiger partial charge is 0.258 e. The zero-order valence-electron chi connectivity index (χ0n) is 13.2. The van der Waals surface area contributed by atoms with Crippen LogP contribution in [0.25, 0.3) is 0 Å². The molecule has 0 spiro atoms. The van der Waals surface area contributed by atoms with Gasteiger partial charge in [-0.25, -0.2) is 4.98 Å². The normalized spacial score (nSPS) is 10.1. The highest BCUT2D eigenvalue weighted by Gasteiger charge is 2.08. The number of hydrogen-bond donors (Lipinski definition) is 1. The minimum atomic E-state index is -0.157. The Morgan fingerprint density at radius 1 is 1.27 bits per heavy atom. The van der Waals surface area contributed by atoms with E-state index in [1.807, 2.05) is 62.3 Å². The van der Waals surface area contributed by atoms with E-state index in [1.165, 1.54) is 0 Å². The second-order valence-corrected chi connectivity index (χ2v) is 5.26. The van der Waals surface area contributed by atoms with Crippen LogP contribution in [0.5, 0.6) is 5.75 Å². The lowest BCUT2D eigenvalue weighted by Gasteiger charge is -2.16. The predicted octanol–water partition coefficient (Wildman–Crippen LogP) is 2.15. The summed E-state index contributed by atoms with van der Waals surface area (Å²) < 4.78 is 5.48. The molecule has 0 radical (unpaired) electrons. The lowest BCUT2D eigenvalue weighted by atomic mass is 10.2. The first kappa shape index (κ1) is 15.8. The molecule has 5 heteroatoms. The largest absolute Gasteiger partial charge is 0.484 e. The SMILES string of the molecule is Cc1cccc(OCC(=O)NCc2cccnc2N(C)C)c1. The summed E-state index contributed by atoms with van der Waals surface area (Å²) in [6.07, 6.45) is 1.74. The quantitative estimate of drug-likeness (QED) is 0.888. The Bertz CT molecular complexity index is 641. The Balaban J connectivity index is 1.86. The van der Waals surface area contributed by atoms with Crippen LogP contribution in [0.4, 0.5) is 5.82 Å². The summed E-state index contributed by atoms with van der Waals surface area (Å²) in [5, 5.41) is 2.85. The number of amides is 1. The predicted molar refractivity (Wildman–Crippen MR) is 87.1 cm³/mol. The molecule has 0 atom stereocenters. The Kier molecular flexibility index (Phi) is 5.36. The Morgan fingerprint density at radius 3 is 2.82 bits per heavy atom. The summed E-state index contributed by atoms with van der Waals surface area (Å²) in [5.74, 6) is 1.39. The van der Waals surface area contributed by atoms with Crippen LogP contribution in [0.3, 0.4) is 0 Å². The summed E-state index contributed by atoms with van der Waals surface area (Å²) in [4.78, 5) is 18.1. The van der Waals surface area contributed by atoms with Crippen LogP contribution in [0.1, 0.15) is 11.1 Å². The fourth-order valence-electron chi connectivity index (χ4n) is 2.07. The zero-order valence-corrected chi connectivity index (χ0v) is 13.2. The molecule has 0 saturated heterocycles. The second-order valence-electron chi connectivity index (χ2n) is 5.26. The highest BCUT2D eigenvalue weighted by Crippen LogP contribution is 2.14. The molecule has 2 aromatic rings. The highest BCUT2D eigenvalue weighted by molar-refractivity contribution is 5.77. The summed E-state index contributed by atoms with van der Waals surface area (Å²) in [6.45, 7) is 2.41. The summed E-state index contributed by atoms with van der Waals surface area (Å²) in [5.41, 5.74) is 2.07. The number of nitrogens with one attached hydrogen (secondary N) is 1. The summed E-state index contributed by atoms with van der Waals surface area (Å²) in [6, 6.07) is 11.4. The van der Waals surface area contributed by atoms with Crippen molar-refractivity contribution in [3.8, 4) is 5.75 Å². The summed E-state index contributed by atoms with van der Waals surface area (Å²) >= 11 is 0. The number of carbonyl (C=O) groups excluding carboxylic acids is 1. The van der Waals surface area contributed by atoms with E-state index in [-0.39, 0.29) is 12.5 Å². The minimum absolute atomic E-state index is 0.00101. The molecule has 0 aliphatic carbocycles. The molecule has 2 rings (SSSR count). The van der Waals surface area contributed by atoms with Gasteiger partial charge in [0.05, 0.1) is 0 Å². The molecular formula is C17H21N3O2. The number of anilines is 1. The Hall–Kier alpha value is -2.56. The molecule has 0 aliphatic rings. The molecule has 1 N–H and O–H groups in total. The Morgan fingerprint density at radius 2 is 2.09 bits per heavy atom. The molecule has 1 heterocycles. The van der Waals surface area contributed by atoms with Gasteiger partial charge in [-0.1, -0.05) is 18.2 Å². The molecule has 0 aliphatic heterocycles. The number of hydrogen-bond acceptors (Lipinski definition) is 4. The molecule has 0 unspecified atom stereocenters. The first-order valence-corrected chi connectivity index (χ1v) is 7.13. The number of nitrogens with zero attached hydrogens (tertiary/aromatic N) is 2. The van der Waals surface area contributed by atoms with Gasteiger partial charge < -0.3 is 15.0 Å². The van der Waals surface area contributed by atoms with Crippen molar-refractivity contribution in [3.05, 3.63) is 53.7 Å². The standard InChI is InChI=1S/C17H21N3O2/c1-13-6-4-8-15(10-13)22-12-16(21)19-11-14-7-5-9-18-17(14)20(2)3/h4-10H,11-12H2,1-3H3,(H,19,21). The van der Waals surface area contributed by atoms with E-state index in [9.17, 15) is 4.79 Å². The van der Waals surface area contributed by atoms with Crippen LogP contribution in [0.15, 0.2) is 42.6 Å². The third-order valence-electron chi connectivity index (χ3n) is 3.13. The van der Waals surface area contributed by atoms with E-state index in [0.717, 1.165) is 16.9 Å². The zero-order chi connectivity index (χ0) is 15.9. The van der Waals surface area contributed by atoms with E-state index in [1.54, 1.807) is 6.20 Å². The van der Waals surface area contributed by atoms with Gasteiger partial charge in [-0.2, -0.15) is 0 Å². The van der Waals surface area contributed by atoms with E-state index < -0.39 is 0 Å². The molecule has 1 aromatic carbocycles. The van der Waals surface area contributed by atoms with Crippen LogP contribution in [0.2, 0.25) is 0 Å². The van der Waals surface area contributed by atoms with Gasteiger partial charge in [0.2, 0.25) is 0 Å². The number of rotatable bonds is 6. The molecule has 5 nitrogen and oxygen atoms in total. The first-order valence-electron chi connectivity index (χ1n) is 7.13. The van der Waals surface area contributed by atoms with Gasteiger partial charge in [-0.05, 0) is 30.7 Å². The molecule has 116 valence electrons. The van der Waals surface area contributed by atoms with E-state index in [0.29, 0.717) is 12.3 Å². The lowest BCUT2D eigenvalue weighted by Crippen LogP contribution is -2.29. The van der Waals surface area contributed by atoms with E-state index >= 15 is 0 Å². The minimum Gasteiger partial charge on any atom is -0.484 e. The van der Waals surface area contributed by atoms with Crippen molar-refractivity contribution in [3.63, 3.8) is 0 Å². The van der Waals surface area contributed by atoms with Crippen molar-refractivity contribution in [1.82, 2.24) is 10.3 Å². The number of ether oxygens (including phenoxy) is 1. The maximum atomic E-state index is 11.9. The van der Waals surface area contributed by atoms with Crippen molar-refractivity contribution >= 4 is 11.7 Å². The number of aryl methyl sites for hydroxylation is 1. The van der Waals surface area contributed by atoms with Gasteiger partial charge in [0, 0.05) is 32.4 Å². The monoisotopic (exact) mass is 299 g/mol. The second kappa shape index (κ2) is 7.45. The average molecular weight is 299 g/mol. The lowest BCUT2D eigenvalue weighted by molar-refractivity contribution is -0.123. The third kappa shape index (κ3) is 4.48. The molecule has 0 bridgehead atoms. The van der Waals surface area contributed by atoms with Crippen LogP contribution in [0, 0.1) is 6.92 Å². The first-order chi connectivity index (χ1) is 10.6. The van der Waals surface area contributed by atoms with Crippen LogP contribution < -0.4 is 15.0 Å². The fraction of sp³-hybridized carbons (Fsp3) is 0.294. The Labute approximate surface area is 130 Å². The van der Waals surface area contributed by atoms with E-state index in [2.05, 4.69) is 10.3 Å². The molecule has 1 aromatic heterocycles. The number of aromatic nitrogens is 1. The maximum absolute atomic E-state index is 11.9. The topological polar surface area (TPSA) is 54.5 Å². The highest BCUT2D eigenvalue weighted by atomic mass is 16.5. The molecule has 22 heavy (non-hydrogen) atoms. The van der Waals surface area contributed by atoms with Gasteiger partial charge >= 0.3 is 0 Å². The van der Waals surface area contributed by atoms with Crippen molar-refractivity contribution in [2.24, 2.45) is 0 Å².